The number of hydrogen-bond acceptors (Lipinski definition) is 4. The van der Waals surface area contributed by atoms with Gasteiger partial charge in [0.1, 0.15) is 5.75 Å². The van der Waals surface area contributed by atoms with Crippen molar-refractivity contribution in [3.8, 4) is 5.75 Å². The van der Waals surface area contributed by atoms with Crippen molar-refractivity contribution < 1.29 is 9.53 Å². The fraction of sp³-hybridized carbons (Fsp3) is 0.650. The Balaban J connectivity index is 2.27. The molecular formula is C20H33NO2S2. The maximum atomic E-state index is 12.1. The van der Waals surface area contributed by atoms with Crippen molar-refractivity contribution in [3.63, 3.8) is 0 Å². The first-order valence-corrected chi connectivity index (χ1v) is 11.4. The van der Waals surface area contributed by atoms with Crippen LogP contribution >= 0.6 is 23.5 Å². The Morgan fingerprint density at radius 3 is 2.40 bits per heavy atom. The zero-order chi connectivity index (χ0) is 18.3. The van der Waals surface area contributed by atoms with E-state index in [1.807, 2.05) is 36.0 Å². The van der Waals surface area contributed by atoms with Gasteiger partial charge in [0, 0.05) is 23.4 Å². The van der Waals surface area contributed by atoms with E-state index in [0.29, 0.717) is 0 Å². The number of unbranched alkanes of at least 4 members (excludes halogenated alkanes) is 5. The molecule has 1 amide bonds. The van der Waals surface area contributed by atoms with Gasteiger partial charge >= 0.3 is 0 Å². The predicted octanol–water partition coefficient (Wildman–Crippen LogP) is 5.24. The number of thioether (sulfide) groups is 2. The molecule has 0 bridgehead atoms. The van der Waals surface area contributed by atoms with E-state index in [9.17, 15) is 4.79 Å². The maximum absolute atomic E-state index is 12.1. The summed E-state index contributed by atoms with van der Waals surface area (Å²) in [7, 11) is 3.40. The largest absolute Gasteiger partial charge is 0.497 e. The molecule has 0 saturated carbocycles. The van der Waals surface area contributed by atoms with E-state index >= 15 is 0 Å². The third-order valence-corrected chi connectivity index (χ3v) is 6.48. The monoisotopic (exact) mass is 383 g/mol. The van der Waals surface area contributed by atoms with E-state index in [-0.39, 0.29) is 11.8 Å². The summed E-state index contributed by atoms with van der Waals surface area (Å²) in [6, 6.07) is 8.02. The Hall–Kier alpha value is -0.810. The highest BCUT2D eigenvalue weighted by Crippen LogP contribution is 2.25. The van der Waals surface area contributed by atoms with Crippen LogP contribution < -0.4 is 10.1 Å². The van der Waals surface area contributed by atoms with Gasteiger partial charge in [-0.15, -0.1) is 11.8 Å². The zero-order valence-corrected chi connectivity index (χ0v) is 17.5. The lowest BCUT2D eigenvalue weighted by Gasteiger charge is -2.15. The van der Waals surface area contributed by atoms with E-state index in [1.165, 1.54) is 43.4 Å². The summed E-state index contributed by atoms with van der Waals surface area (Å²) in [5.41, 5.74) is 0. The number of benzene rings is 1. The van der Waals surface area contributed by atoms with E-state index in [2.05, 4.69) is 12.2 Å². The third-order valence-electron chi connectivity index (χ3n) is 4.09. The molecule has 0 saturated heterocycles. The van der Waals surface area contributed by atoms with Crippen LogP contribution in [-0.4, -0.2) is 37.3 Å². The predicted molar refractivity (Wildman–Crippen MR) is 112 cm³/mol. The minimum absolute atomic E-state index is 0.0576. The second-order valence-corrected chi connectivity index (χ2v) is 8.38. The lowest BCUT2D eigenvalue weighted by molar-refractivity contribution is -0.123. The number of ether oxygens (including phenoxy) is 1. The van der Waals surface area contributed by atoms with E-state index < -0.39 is 0 Å². The number of nitrogens with one attached hydrogen (secondary N) is 1. The molecule has 5 heteroatoms. The highest BCUT2D eigenvalue weighted by atomic mass is 32.2. The van der Waals surface area contributed by atoms with Gasteiger partial charge in [-0.05, 0) is 36.4 Å². The Labute approximate surface area is 162 Å². The molecule has 0 radical (unpaired) electrons. The van der Waals surface area contributed by atoms with Crippen molar-refractivity contribution in [2.75, 3.05) is 31.4 Å². The van der Waals surface area contributed by atoms with Crippen LogP contribution in [-0.2, 0) is 4.79 Å². The van der Waals surface area contributed by atoms with Crippen LogP contribution in [0, 0.1) is 5.92 Å². The Morgan fingerprint density at radius 2 is 1.76 bits per heavy atom. The van der Waals surface area contributed by atoms with Crippen molar-refractivity contribution in [3.05, 3.63) is 24.3 Å². The van der Waals surface area contributed by atoms with E-state index in [4.69, 9.17) is 4.74 Å². The lowest BCUT2D eigenvalue weighted by Crippen LogP contribution is -2.30. The molecule has 0 spiro atoms. The lowest BCUT2D eigenvalue weighted by atomic mass is 10.1. The quantitative estimate of drug-likeness (QED) is 0.352. The normalized spacial score (nSPS) is 12.0. The molecule has 1 aromatic rings. The second kappa shape index (κ2) is 14.4. The molecule has 25 heavy (non-hydrogen) atoms. The van der Waals surface area contributed by atoms with Gasteiger partial charge < -0.3 is 10.1 Å². The molecular weight excluding hydrogens is 350 g/mol. The second-order valence-electron chi connectivity index (χ2n) is 6.14. The van der Waals surface area contributed by atoms with Crippen molar-refractivity contribution in [2.45, 2.75) is 50.3 Å². The van der Waals surface area contributed by atoms with Crippen LogP contribution in [0.4, 0.5) is 0 Å². The van der Waals surface area contributed by atoms with Crippen LogP contribution in [0.5, 0.6) is 5.75 Å². The molecule has 0 aliphatic rings. The van der Waals surface area contributed by atoms with Crippen molar-refractivity contribution in [1.82, 2.24) is 5.32 Å². The van der Waals surface area contributed by atoms with Gasteiger partial charge in [-0.2, -0.15) is 11.8 Å². The van der Waals surface area contributed by atoms with Gasteiger partial charge in [-0.1, -0.05) is 39.0 Å². The first-order chi connectivity index (χ1) is 12.2. The number of amides is 1. The summed E-state index contributed by atoms with van der Waals surface area (Å²) in [6.07, 6.45) is 7.95. The zero-order valence-electron chi connectivity index (χ0n) is 15.9. The van der Waals surface area contributed by atoms with Gasteiger partial charge in [0.25, 0.3) is 0 Å². The summed E-state index contributed by atoms with van der Waals surface area (Å²) in [4.78, 5) is 13.3. The van der Waals surface area contributed by atoms with Gasteiger partial charge in [-0.25, -0.2) is 0 Å². The summed E-state index contributed by atoms with van der Waals surface area (Å²) >= 11 is 3.65. The summed E-state index contributed by atoms with van der Waals surface area (Å²) < 4.78 is 5.18. The fourth-order valence-electron chi connectivity index (χ4n) is 2.48. The van der Waals surface area contributed by atoms with Crippen LogP contribution in [0.1, 0.15) is 45.4 Å². The number of methoxy groups -OCH3 is 1. The van der Waals surface area contributed by atoms with Gasteiger partial charge in [0.15, 0.2) is 0 Å². The highest BCUT2D eigenvalue weighted by molar-refractivity contribution is 8.00. The molecule has 1 atom stereocenters. The Bertz CT molecular complexity index is 465. The Kier molecular flexibility index (Phi) is 12.8. The molecule has 1 N–H and O–H groups in total. The highest BCUT2D eigenvalue weighted by Gasteiger charge is 2.17. The minimum Gasteiger partial charge on any atom is -0.497 e. The molecule has 0 aromatic heterocycles. The maximum Gasteiger partial charge on any atom is 0.224 e. The van der Waals surface area contributed by atoms with Gasteiger partial charge in [-0.3, -0.25) is 4.79 Å². The summed E-state index contributed by atoms with van der Waals surface area (Å²) in [5.74, 6) is 3.94. The summed E-state index contributed by atoms with van der Waals surface area (Å²) in [5, 5.41) is 2.81. The van der Waals surface area contributed by atoms with E-state index in [1.54, 1.807) is 25.9 Å². The molecule has 3 nitrogen and oxygen atoms in total. The smallest absolute Gasteiger partial charge is 0.224 e. The first-order valence-electron chi connectivity index (χ1n) is 9.27. The number of carbonyl (C=O) groups is 1. The minimum atomic E-state index is 0.0576. The van der Waals surface area contributed by atoms with Gasteiger partial charge in [0.2, 0.25) is 5.91 Å². The third kappa shape index (κ3) is 10.0. The molecule has 1 unspecified atom stereocenters. The molecule has 142 valence electrons. The van der Waals surface area contributed by atoms with Crippen LogP contribution in [0.3, 0.4) is 0 Å². The average Bonchev–Trinajstić information content (AvgIpc) is 2.66. The number of carbonyl (C=O) groups excluding carboxylic acids is 1. The molecule has 0 aliphatic carbocycles. The molecule has 1 aromatic carbocycles. The molecule has 0 fully saturated rings. The van der Waals surface area contributed by atoms with Crippen molar-refractivity contribution >= 4 is 29.4 Å². The fourth-order valence-corrected chi connectivity index (χ4v) is 4.75. The first kappa shape index (κ1) is 22.2. The van der Waals surface area contributed by atoms with Crippen molar-refractivity contribution in [2.24, 2.45) is 5.92 Å². The number of hydrogen-bond donors (Lipinski definition) is 1. The summed E-state index contributed by atoms with van der Waals surface area (Å²) in [6.45, 7) is 2.25. The SMILES string of the molecule is CCCCCCCCSCC(CSc1ccc(OC)cc1)C(=O)NC. The van der Waals surface area contributed by atoms with Gasteiger partial charge in [0.05, 0.1) is 13.0 Å². The standard InChI is InChI=1S/C20H33NO2S2/c1-4-5-6-7-8-9-14-24-15-17(20(22)21-2)16-25-19-12-10-18(23-3)11-13-19/h10-13,17H,4-9,14-16H2,1-3H3,(H,21,22). The molecule has 0 heterocycles. The van der Waals surface area contributed by atoms with Crippen LogP contribution in [0.25, 0.3) is 0 Å². The topological polar surface area (TPSA) is 38.3 Å². The Morgan fingerprint density at radius 1 is 1.08 bits per heavy atom. The molecule has 1 rings (SSSR count). The average molecular weight is 384 g/mol. The van der Waals surface area contributed by atoms with Crippen LogP contribution in [0.2, 0.25) is 0 Å². The van der Waals surface area contributed by atoms with Crippen LogP contribution in [0.15, 0.2) is 29.2 Å². The number of rotatable bonds is 14. The van der Waals surface area contributed by atoms with Crippen molar-refractivity contribution in [1.29, 1.82) is 0 Å². The molecule has 0 aliphatic heterocycles. The van der Waals surface area contributed by atoms with E-state index in [0.717, 1.165) is 23.0 Å².